The van der Waals surface area contributed by atoms with Gasteiger partial charge in [-0.1, -0.05) is 36.4 Å². The number of carbonyl (C=O) groups excluding carboxylic acids is 2. The Balaban J connectivity index is 1.66. The number of nitrogen functional groups attached to an aromatic ring is 1. The maximum atomic E-state index is 13.5. The quantitative estimate of drug-likeness (QED) is 0.259. The van der Waals surface area contributed by atoms with Crippen LogP contribution in [0.4, 0.5) is 10.7 Å². The van der Waals surface area contributed by atoms with Crippen molar-refractivity contribution in [2.24, 2.45) is 0 Å². The molecule has 7 heteroatoms. The predicted molar refractivity (Wildman–Crippen MR) is 131 cm³/mol. The van der Waals surface area contributed by atoms with Gasteiger partial charge in [0.1, 0.15) is 10.3 Å². The zero-order valence-electron chi connectivity index (χ0n) is 17.9. The normalized spacial score (nSPS) is 13.8. The summed E-state index contributed by atoms with van der Waals surface area (Å²) >= 11 is 2.94. The molecule has 0 radical (unpaired) electrons. The Hall–Kier alpha value is -2.77. The van der Waals surface area contributed by atoms with Gasteiger partial charge in [0.15, 0.2) is 0 Å². The van der Waals surface area contributed by atoms with Crippen molar-refractivity contribution >= 4 is 45.7 Å². The number of rotatable bonds is 7. The maximum Gasteiger partial charge on any atom is 0.341 e. The highest BCUT2D eigenvalue weighted by Crippen LogP contribution is 2.41. The van der Waals surface area contributed by atoms with Crippen LogP contribution in [0.2, 0.25) is 0 Å². The molecule has 1 heterocycles. The highest BCUT2D eigenvalue weighted by atomic mass is 32.2. The van der Waals surface area contributed by atoms with Gasteiger partial charge in [-0.3, -0.25) is 4.79 Å². The number of ether oxygens (including phenoxy) is 1. The van der Waals surface area contributed by atoms with E-state index >= 15 is 0 Å². The molecule has 0 aliphatic heterocycles. The monoisotopic (exact) mass is 466 g/mol. The number of thioether (sulfide) groups is 1. The van der Waals surface area contributed by atoms with E-state index in [0.29, 0.717) is 22.9 Å². The number of thiophene rings is 1. The second-order valence-electron chi connectivity index (χ2n) is 7.61. The summed E-state index contributed by atoms with van der Waals surface area (Å²) < 4.78 is 5.33. The summed E-state index contributed by atoms with van der Waals surface area (Å²) in [5.74, 6) is -0.533. The standard InChI is InChI=1S/C25H26N2O3S2/c1-2-30-25(29)21-19-13-6-7-14-20(19)32-24(21)27-23(28)22(16-9-4-3-5-10-16)31-18-12-8-11-17(26)15-18/h3-5,8-12,15,22H,2,6-7,13-14,26H2,1H3,(H,27,28). The van der Waals surface area contributed by atoms with Crippen LogP contribution in [-0.4, -0.2) is 18.5 Å². The van der Waals surface area contributed by atoms with Gasteiger partial charge in [0.25, 0.3) is 0 Å². The maximum absolute atomic E-state index is 13.5. The van der Waals surface area contributed by atoms with Gasteiger partial charge in [0.2, 0.25) is 5.91 Å². The van der Waals surface area contributed by atoms with E-state index in [9.17, 15) is 9.59 Å². The molecule has 1 aliphatic carbocycles. The number of nitrogens with one attached hydrogen (secondary N) is 1. The molecule has 1 atom stereocenters. The summed E-state index contributed by atoms with van der Waals surface area (Å²) in [6.45, 7) is 2.09. The van der Waals surface area contributed by atoms with Crippen LogP contribution in [0, 0.1) is 0 Å². The molecule has 3 N–H and O–H groups in total. The van der Waals surface area contributed by atoms with E-state index in [0.717, 1.165) is 41.7 Å². The average Bonchev–Trinajstić information content (AvgIpc) is 3.16. The highest BCUT2D eigenvalue weighted by Gasteiger charge is 2.29. The van der Waals surface area contributed by atoms with Crippen LogP contribution in [0.5, 0.6) is 0 Å². The lowest BCUT2D eigenvalue weighted by atomic mass is 9.95. The molecule has 4 rings (SSSR count). The third-order valence-electron chi connectivity index (χ3n) is 5.34. The molecule has 3 aromatic rings. The first-order chi connectivity index (χ1) is 15.6. The third-order valence-corrected chi connectivity index (χ3v) is 7.80. The lowest BCUT2D eigenvalue weighted by Crippen LogP contribution is -2.20. The molecule has 1 amide bonds. The molecule has 0 fully saturated rings. The Morgan fingerprint density at radius 1 is 1.12 bits per heavy atom. The molecular weight excluding hydrogens is 440 g/mol. The number of nitrogens with two attached hydrogens (primary N) is 1. The molecule has 1 aromatic heterocycles. The first-order valence-electron chi connectivity index (χ1n) is 10.8. The lowest BCUT2D eigenvalue weighted by molar-refractivity contribution is -0.115. The molecule has 5 nitrogen and oxygen atoms in total. The van der Waals surface area contributed by atoms with Crippen molar-refractivity contribution in [3.8, 4) is 0 Å². The molecule has 1 unspecified atom stereocenters. The molecule has 166 valence electrons. The Bertz CT molecular complexity index is 1110. The lowest BCUT2D eigenvalue weighted by Gasteiger charge is -2.17. The number of esters is 1. The van der Waals surface area contributed by atoms with Crippen LogP contribution in [0.3, 0.4) is 0 Å². The fourth-order valence-corrected chi connectivity index (χ4v) is 6.25. The van der Waals surface area contributed by atoms with Crippen molar-refractivity contribution in [3.05, 3.63) is 76.2 Å². The Morgan fingerprint density at radius 3 is 2.66 bits per heavy atom. The molecule has 32 heavy (non-hydrogen) atoms. The van der Waals surface area contributed by atoms with Crippen molar-refractivity contribution in [2.45, 2.75) is 42.8 Å². The van der Waals surface area contributed by atoms with Crippen LogP contribution in [0.15, 0.2) is 59.5 Å². The van der Waals surface area contributed by atoms with Gasteiger partial charge in [0.05, 0.1) is 12.2 Å². The van der Waals surface area contributed by atoms with Gasteiger partial charge in [-0.15, -0.1) is 23.1 Å². The van der Waals surface area contributed by atoms with Crippen molar-refractivity contribution in [1.82, 2.24) is 0 Å². The minimum Gasteiger partial charge on any atom is -0.462 e. The summed E-state index contributed by atoms with van der Waals surface area (Å²) in [5.41, 5.74) is 9.05. The SMILES string of the molecule is CCOC(=O)c1c(NC(=O)C(Sc2cccc(N)c2)c2ccccc2)sc2c1CCCC2. The molecule has 2 aromatic carbocycles. The van der Waals surface area contributed by atoms with E-state index in [2.05, 4.69) is 5.32 Å². The minimum absolute atomic E-state index is 0.173. The van der Waals surface area contributed by atoms with Crippen LogP contribution in [-0.2, 0) is 22.4 Å². The summed E-state index contributed by atoms with van der Waals surface area (Å²) in [4.78, 5) is 28.4. The van der Waals surface area contributed by atoms with Crippen LogP contribution >= 0.6 is 23.1 Å². The number of hydrogen-bond acceptors (Lipinski definition) is 6. The first-order valence-corrected chi connectivity index (χ1v) is 12.5. The van der Waals surface area contributed by atoms with Crippen molar-refractivity contribution in [3.63, 3.8) is 0 Å². The summed E-state index contributed by atoms with van der Waals surface area (Å²) in [7, 11) is 0. The second-order valence-corrected chi connectivity index (χ2v) is 9.89. The largest absolute Gasteiger partial charge is 0.462 e. The summed E-state index contributed by atoms with van der Waals surface area (Å²) in [6.07, 6.45) is 3.92. The minimum atomic E-state index is -0.493. The Labute approximate surface area is 196 Å². The van der Waals surface area contributed by atoms with E-state index in [1.807, 2.05) is 54.6 Å². The Kier molecular flexibility index (Phi) is 7.17. The van der Waals surface area contributed by atoms with Crippen molar-refractivity contribution < 1.29 is 14.3 Å². The number of carbonyl (C=O) groups is 2. The highest BCUT2D eigenvalue weighted by molar-refractivity contribution is 8.00. The average molecular weight is 467 g/mol. The first kappa shape index (κ1) is 22.4. The molecule has 1 aliphatic rings. The zero-order valence-corrected chi connectivity index (χ0v) is 19.6. The number of hydrogen-bond donors (Lipinski definition) is 2. The van der Waals surface area contributed by atoms with Gasteiger partial charge < -0.3 is 15.8 Å². The number of amides is 1. The van der Waals surface area contributed by atoms with Crippen LogP contribution in [0.25, 0.3) is 0 Å². The smallest absolute Gasteiger partial charge is 0.341 e. The predicted octanol–water partition coefficient (Wildman–Crippen LogP) is 5.86. The van der Waals surface area contributed by atoms with Gasteiger partial charge in [-0.05, 0) is 61.9 Å². The van der Waals surface area contributed by atoms with Crippen LogP contribution in [0.1, 0.15) is 51.4 Å². The second kappa shape index (κ2) is 10.2. The molecule has 0 spiro atoms. The summed E-state index contributed by atoms with van der Waals surface area (Å²) in [5, 5.41) is 3.17. The van der Waals surface area contributed by atoms with Crippen LogP contribution < -0.4 is 11.1 Å². The fourth-order valence-electron chi connectivity index (χ4n) is 3.88. The van der Waals surface area contributed by atoms with Gasteiger partial charge in [-0.25, -0.2) is 4.79 Å². The molecule has 0 bridgehead atoms. The van der Waals surface area contributed by atoms with Crippen molar-refractivity contribution in [2.75, 3.05) is 17.7 Å². The number of aryl methyl sites for hydroxylation is 1. The zero-order chi connectivity index (χ0) is 22.5. The molecule has 0 saturated heterocycles. The van der Waals surface area contributed by atoms with Gasteiger partial charge in [-0.2, -0.15) is 0 Å². The summed E-state index contributed by atoms with van der Waals surface area (Å²) in [6, 6.07) is 17.2. The van der Waals surface area contributed by atoms with Gasteiger partial charge >= 0.3 is 5.97 Å². The van der Waals surface area contributed by atoms with E-state index in [1.54, 1.807) is 6.92 Å². The van der Waals surface area contributed by atoms with Gasteiger partial charge in [0, 0.05) is 15.5 Å². The van der Waals surface area contributed by atoms with Crippen molar-refractivity contribution in [1.29, 1.82) is 0 Å². The number of anilines is 2. The van der Waals surface area contributed by atoms with E-state index < -0.39 is 5.25 Å². The topological polar surface area (TPSA) is 81.4 Å². The fraction of sp³-hybridized carbons (Fsp3) is 0.280. The molecular formula is C25H26N2O3S2. The third kappa shape index (κ3) is 5.00. The van der Waals surface area contributed by atoms with E-state index in [1.165, 1.54) is 28.0 Å². The molecule has 0 saturated carbocycles. The number of benzene rings is 2. The van der Waals surface area contributed by atoms with E-state index in [-0.39, 0.29) is 11.9 Å². The Morgan fingerprint density at radius 2 is 1.91 bits per heavy atom. The van der Waals surface area contributed by atoms with E-state index in [4.69, 9.17) is 10.5 Å². The number of fused-ring (bicyclic) bond motifs is 1.